The van der Waals surface area contributed by atoms with Crippen LogP contribution in [0.5, 0.6) is 11.5 Å². The van der Waals surface area contributed by atoms with Crippen LogP contribution >= 0.6 is 0 Å². The number of methoxy groups -OCH3 is 2. The fraction of sp³-hybridized carbons (Fsp3) is 0.714. The van der Waals surface area contributed by atoms with Gasteiger partial charge in [0.1, 0.15) is 0 Å². The van der Waals surface area contributed by atoms with Crippen molar-refractivity contribution in [2.75, 3.05) is 33.9 Å². The van der Waals surface area contributed by atoms with E-state index in [0.29, 0.717) is 0 Å². The Balaban J connectivity index is 1.80. The molecule has 0 bridgehead atoms. The van der Waals surface area contributed by atoms with Crippen molar-refractivity contribution in [3.8, 4) is 11.5 Å². The van der Waals surface area contributed by atoms with Crippen LogP contribution in [-0.2, 0) is 6.42 Å². The van der Waals surface area contributed by atoms with Crippen molar-refractivity contribution in [1.82, 2.24) is 4.90 Å². The van der Waals surface area contributed by atoms with Crippen LogP contribution in [0, 0.1) is 11.3 Å². The first-order valence-electron chi connectivity index (χ1n) is 9.66. The molecule has 1 saturated heterocycles. The molecule has 0 radical (unpaired) electrons. The smallest absolute Gasteiger partial charge is 0.161 e. The highest BCUT2D eigenvalue weighted by atomic mass is 16.5. The standard InChI is InChI=1S/C21H33NO4/c1-21(2,6-8-23)12-15-13-22-7-5-14-9-19(25-3)20(26-4)10-16(14)17(22)11-18(15)24/h9-10,15,17-18,23-24H,5-8,11-13H2,1-4H3/t15?,17-,18-/m1/s1. The highest BCUT2D eigenvalue weighted by molar-refractivity contribution is 5.49. The van der Waals surface area contributed by atoms with Crippen LogP contribution in [0.3, 0.4) is 0 Å². The van der Waals surface area contributed by atoms with Gasteiger partial charge in [-0.15, -0.1) is 0 Å². The number of nitrogens with zero attached hydrogens (tertiary/aromatic N) is 1. The summed E-state index contributed by atoms with van der Waals surface area (Å²) in [6, 6.07) is 4.42. The lowest BCUT2D eigenvalue weighted by Crippen LogP contribution is -2.49. The summed E-state index contributed by atoms with van der Waals surface area (Å²) in [6.07, 6.45) is 3.15. The van der Waals surface area contributed by atoms with Crippen molar-refractivity contribution >= 4 is 0 Å². The molecule has 0 aromatic heterocycles. The van der Waals surface area contributed by atoms with Gasteiger partial charge in [-0.05, 0) is 60.3 Å². The Morgan fingerprint density at radius 2 is 1.88 bits per heavy atom. The van der Waals surface area contributed by atoms with Gasteiger partial charge >= 0.3 is 0 Å². The largest absolute Gasteiger partial charge is 0.493 e. The zero-order valence-electron chi connectivity index (χ0n) is 16.5. The van der Waals surface area contributed by atoms with Crippen LogP contribution in [0.4, 0.5) is 0 Å². The molecule has 2 N–H and O–H groups in total. The lowest BCUT2D eigenvalue weighted by Gasteiger charge is -2.47. The van der Waals surface area contributed by atoms with Gasteiger partial charge in [-0.3, -0.25) is 4.90 Å². The molecule has 2 aliphatic rings. The van der Waals surface area contributed by atoms with Gasteiger partial charge in [-0.25, -0.2) is 0 Å². The Morgan fingerprint density at radius 3 is 2.54 bits per heavy atom. The van der Waals surface area contributed by atoms with Gasteiger partial charge in [-0.2, -0.15) is 0 Å². The van der Waals surface area contributed by atoms with Gasteiger partial charge in [0.05, 0.1) is 20.3 Å². The molecule has 146 valence electrons. The number of fused-ring (bicyclic) bond motifs is 3. The van der Waals surface area contributed by atoms with Gasteiger partial charge in [0.15, 0.2) is 11.5 Å². The normalized spacial score (nSPS) is 26.2. The van der Waals surface area contributed by atoms with Gasteiger partial charge < -0.3 is 19.7 Å². The summed E-state index contributed by atoms with van der Waals surface area (Å²) in [6.45, 7) is 6.50. The molecule has 5 nitrogen and oxygen atoms in total. The summed E-state index contributed by atoms with van der Waals surface area (Å²) in [5.41, 5.74) is 2.62. The van der Waals surface area contributed by atoms with E-state index in [2.05, 4.69) is 30.9 Å². The number of hydrogen-bond acceptors (Lipinski definition) is 5. The number of benzene rings is 1. The molecule has 5 heteroatoms. The van der Waals surface area contributed by atoms with Crippen molar-refractivity contribution in [3.63, 3.8) is 0 Å². The molecule has 1 aromatic rings. The van der Waals surface area contributed by atoms with Crippen molar-refractivity contribution in [3.05, 3.63) is 23.3 Å². The molecular weight excluding hydrogens is 330 g/mol. The third-order valence-corrected chi connectivity index (χ3v) is 6.19. The Kier molecular flexibility index (Phi) is 5.80. The SMILES string of the molecule is COc1cc2c(cc1OC)[C@H]1C[C@@H](O)C(CC(C)(C)CCO)CN1CC2. The molecule has 3 atom stereocenters. The maximum Gasteiger partial charge on any atom is 0.161 e. The van der Waals surface area contributed by atoms with Crippen LogP contribution in [0.1, 0.15) is 50.3 Å². The van der Waals surface area contributed by atoms with Crippen LogP contribution in [0.25, 0.3) is 0 Å². The van der Waals surface area contributed by atoms with Crippen molar-refractivity contribution in [2.45, 2.75) is 51.7 Å². The van der Waals surface area contributed by atoms with Crippen LogP contribution < -0.4 is 9.47 Å². The average Bonchev–Trinajstić information content (AvgIpc) is 2.60. The molecule has 26 heavy (non-hydrogen) atoms. The van der Waals surface area contributed by atoms with E-state index < -0.39 is 0 Å². The fourth-order valence-corrected chi connectivity index (χ4v) is 4.73. The predicted molar refractivity (Wildman–Crippen MR) is 102 cm³/mol. The molecule has 1 aromatic carbocycles. The maximum absolute atomic E-state index is 10.8. The average molecular weight is 363 g/mol. The van der Waals surface area contributed by atoms with Gasteiger partial charge in [0.25, 0.3) is 0 Å². The van der Waals surface area contributed by atoms with Crippen molar-refractivity contribution in [1.29, 1.82) is 0 Å². The predicted octanol–water partition coefficient (Wildman–Crippen LogP) is 2.78. The highest BCUT2D eigenvalue weighted by Gasteiger charge is 2.40. The highest BCUT2D eigenvalue weighted by Crippen LogP contribution is 2.44. The van der Waals surface area contributed by atoms with Crippen LogP contribution in [0.15, 0.2) is 12.1 Å². The van der Waals surface area contributed by atoms with E-state index in [0.717, 1.165) is 50.3 Å². The fourth-order valence-electron chi connectivity index (χ4n) is 4.73. The number of ether oxygens (including phenoxy) is 2. The van der Waals surface area contributed by atoms with Gasteiger partial charge in [0, 0.05) is 25.7 Å². The summed E-state index contributed by atoms with van der Waals surface area (Å²) >= 11 is 0. The number of aliphatic hydroxyl groups excluding tert-OH is 2. The molecule has 3 rings (SSSR count). The third kappa shape index (κ3) is 3.85. The minimum Gasteiger partial charge on any atom is -0.493 e. The van der Waals surface area contributed by atoms with E-state index in [-0.39, 0.29) is 30.1 Å². The zero-order chi connectivity index (χ0) is 18.9. The molecule has 0 saturated carbocycles. The van der Waals surface area contributed by atoms with Gasteiger partial charge in [0.2, 0.25) is 0 Å². The van der Waals surface area contributed by atoms with E-state index in [9.17, 15) is 10.2 Å². The van der Waals surface area contributed by atoms with E-state index in [1.165, 1.54) is 11.1 Å². The molecule has 1 unspecified atom stereocenters. The summed E-state index contributed by atoms with van der Waals surface area (Å²) in [5, 5.41) is 20.1. The monoisotopic (exact) mass is 363 g/mol. The second kappa shape index (κ2) is 7.75. The maximum atomic E-state index is 10.8. The Morgan fingerprint density at radius 1 is 1.19 bits per heavy atom. The number of rotatable bonds is 6. The summed E-state index contributed by atoms with van der Waals surface area (Å²) < 4.78 is 10.9. The second-order valence-electron chi connectivity index (χ2n) is 8.57. The molecule has 0 amide bonds. The molecule has 2 heterocycles. The lowest BCUT2D eigenvalue weighted by molar-refractivity contribution is -0.0295. The first-order valence-corrected chi connectivity index (χ1v) is 9.66. The molecular formula is C21H33NO4. The lowest BCUT2D eigenvalue weighted by atomic mass is 9.74. The van der Waals surface area contributed by atoms with Crippen molar-refractivity contribution < 1.29 is 19.7 Å². The van der Waals surface area contributed by atoms with Crippen LogP contribution in [0.2, 0.25) is 0 Å². The van der Waals surface area contributed by atoms with E-state index in [1.807, 2.05) is 0 Å². The molecule has 1 fully saturated rings. The molecule has 0 spiro atoms. The Labute approximate surface area is 156 Å². The quantitative estimate of drug-likeness (QED) is 0.814. The molecule has 2 aliphatic heterocycles. The third-order valence-electron chi connectivity index (χ3n) is 6.19. The van der Waals surface area contributed by atoms with E-state index >= 15 is 0 Å². The minimum atomic E-state index is -0.312. The summed E-state index contributed by atoms with van der Waals surface area (Å²) in [7, 11) is 3.34. The Bertz CT molecular complexity index is 631. The number of hydrogen-bond donors (Lipinski definition) is 2. The van der Waals surface area contributed by atoms with Crippen molar-refractivity contribution in [2.24, 2.45) is 11.3 Å². The summed E-state index contributed by atoms with van der Waals surface area (Å²) in [5.74, 6) is 1.79. The second-order valence-corrected chi connectivity index (χ2v) is 8.57. The van der Waals surface area contributed by atoms with E-state index in [1.54, 1.807) is 14.2 Å². The van der Waals surface area contributed by atoms with E-state index in [4.69, 9.17) is 9.47 Å². The minimum absolute atomic E-state index is 0.0531. The number of piperidine rings is 1. The first-order chi connectivity index (χ1) is 12.4. The van der Waals surface area contributed by atoms with Gasteiger partial charge in [-0.1, -0.05) is 13.8 Å². The van der Waals surface area contributed by atoms with Crippen LogP contribution in [-0.4, -0.2) is 55.1 Å². The topological polar surface area (TPSA) is 62.2 Å². The first kappa shape index (κ1) is 19.5. The number of aliphatic hydroxyl groups is 2. The molecule has 0 aliphatic carbocycles. The zero-order valence-corrected chi connectivity index (χ0v) is 16.5. The Hall–Kier alpha value is -1.30. The summed E-state index contributed by atoms with van der Waals surface area (Å²) in [4.78, 5) is 2.51.